The maximum atomic E-state index is 5.75. The first-order chi connectivity index (χ1) is 5.11. The van der Waals surface area contributed by atoms with Crippen molar-refractivity contribution in [1.82, 2.24) is 0 Å². The van der Waals surface area contributed by atoms with Crippen LogP contribution in [0.5, 0.6) is 0 Å². The van der Waals surface area contributed by atoms with Crippen LogP contribution in [-0.2, 0) is 0 Å². The summed E-state index contributed by atoms with van der Waals surface area (Å²) in [7, 11) is 0. The average molecular weight is 203 g/mol. The van der Waals surface area contributed by atoms with Crippen LogP contribution in [0.25, 0.3) is 0 Å². The highest BCUT2D eigenvalue weighted by molar-refractivity contribution is 8.11. The molecule has 0 unspecified atom stereocenters. The first kappa shape index (κ1) is 9.04. The maximum Gasteiger partial charge on any atom is 0.0750 e. The smallest absolute Gasteiger partial charge is 0.0750 e. The molecular weight excluding hydrogens is 196 g/mol. The van der Waals surface area contributed by atoms with Crippen LogP contribution >= 0.6 is 36.4 Å². The van der Waals surface area contributed by atoms with Crippen molar-refractivity contribution in [2.45, 2.75) is 6.92 Å². The number of rotatable bonds is 1. The molecule has 58 valence electrons. The minimum Gasteiger partial charge on any atom is -0.131 e. The van der Waals surface area contributed by atoms with Gasteiger partial charge in [-0.05, 0) is 24.6 Å². The normalized spacial score (nSPS) is 9.73. The molecule has 0 spiro atoms. The Balaban J connectivity index is 3.20. The lowest BCUT2D eigenvalue weighted by molar-refractivity contribution is 1.46. The van der Waals surface area contributed by atoms with E-state index in [0.717, 1.165) is 16.1 Å². The summed E-state index contributed by atoms with van der Waals surface area (Å²) >= 11 is 14.7. The number of thiol groups is 1. The fraction of sp³-hybridized carbons (Fsp3) is 0.125. The molecule has 11 heavy (non-hydrogen) atoms. The van der Waals surface area contributed by atoms with Gasteiger partial charge in [0.2, 0.25) is 0 Å². The van der Waals surface area contributed by atoms with Crippen molar-refractivity contribution in [3.63, 3.8) is 0 Å². The Kier molecular flexibility index (Phi) is 2.93. The lowest BCUT2D eigenvalue weighted by Crippen LogP contribution is -1.90. The molecule has 0 atom stereocenters. The Hall–Kier alpha value is -0.0500. The van der Waals surface area contributed by atoms with Crippen LogP contribution in [0.15, 0.2) is 18.2 Å². The highest BCUT2D eigenvalue weighted by Crippen LogP contribution is 2.16. The molecule has 0 heterocycles. The molecule has 0 amide bonds. The maximum absolute atomic E-state index is 5.75. The van der Waals surface area contributed by atoms with Gasteiger partial charge < -0.3 is 0 Å². The second-order valence-corrected chi connectivity index (χ2v) is 3.86. The number of hydrogen-bond acceptors (Lipinski definition) is 1. The molecule has 1 rings (SSSR count). The zero-order valence-corrected chi connectivity index (χ0v) is 8.43. The average Bonchev–Trinajstić information content (AvgIpc) is 1.85. The van der Waals surface area contributed by atoms with Crippen LogP contribution in [0.1, 0.15) is 11.1 Å². The van der Waals surface area contributed by atoms with E-state index in [9.17, 15) is 0 Å². The van der Waals surface area contributed by atoms with E-state index in [0.29, 0.717) is 4.20 Å². The molecule has 0 aromatic heterocycles. The van der Waals surface area contributed by atoms with Crippen molar-refractivity contribution in [3.05, 3.63) is 34.3 Å². The van der Waals surface area contributed by atoms with Gasteiger partial charge in [0, 0.05) is 10.6 Å². The summed E-state index contributed by atoms with van der Waals surface area (Å²) in [5.74, 6) is 0. The van der Waals surface area contributed by atoms with Crippen LogP contribution in [0.3, 0.4) is 0 Å². The van der Waals surface area contributed by atoms with E-state index in [4.69, 9.17) is 23.8 Å². The molecule has 1 aromatic rings. The largest absolute Gasteiger partial charge is 0.131 e. The molecule has 0 aliphatic heterocycles. The molecule has 0 radical (unpaired) electrons. The van der Waals surface area contributed by atoms with Crippen molar-refractivity contribution in [2.24, 2.45) is 0 Å². The van der Waals surface area contributed by atoms with Gasteiger partial charge in [-0.3, -0.25) is 0 Å². The van der Waals surface area contributed by atoms with E-state index in [1.54, 1.807) is 0 Å². The van der Waals surface area contributed by atoms with E-state index < -0.39 is 0 Å². The van der Waals surface area contributed by atoms with Crippen LogP contribution in [0.4, 0.5) is 0 Å². The Bertz CT molecular complexity index is 294. The third-order valence-corrected chi connectivity index (χ3v) is 2.11. The van der Waals surface area contributed by atoms with Gasteiger partial charge in [0.1, 0.15) is 0 Å². The number of aryl methyl sites for hydroxylation is 1. The number of benzene rings is 1. The van der Waals surface area contributed by atoms with Crippen LogP contribution in [0.2, 0.25) is 5.02 Å². The monoisotopic (exact) mass is 202 g/mol. The lowest BCUT2D eigenvalue weighted by Gasteiger charge is -2.01. The lowest BCUT2D eigenvalue weighted by atomic mass is 10.1. The predicted molar refractivity (Wildman–Crippen MR) is 56.9 cm³/mol. The SMILES string of the molecule is Cc1cc(Cl)ccc1C(=S)S. The summed E-state index contributed by atoms with van der Waals surface area (Å²) in [6, 6.07) is 5.57. The summed E-state index contributed by atoms with van der Waals surface area (Å²) in [6.07, 6.45) is 0. The van der Waals surface area contributed by atoms with Crippen LogP contribution < -0.4 is 0 Å². The van der Waals surface area contributed by atoms with Gasteiger partial charge >= 0.3 is 0 Å². The molecule has 3 heteroatoms. The molecule has 0 saturated heterocycles. The summed E-state index contributed by atoms with van der Waals surface area (Å²) in [6.45, 7) is 1.96. The summed E-state index contributed by atoms with van der Waals surface area (Å²) in [4.78, 5) is 0. The summed E-state index contributed by atoms with van der Waals surface area (Å²) < 4.78 is 0.610. The molecule has 0 fully saturated rings. The Morgan fingerprint density at radius 2 is 2.18 bits per heavy atom. The van der Waals surface area contributed by atoms with Gasteiger partial charge in [0.15, 0.2) is 0 Å². The van der Waals surface area contributed by atoms with E-state index >= 15 is 0 Å². The molecule has 0 N–H and O–H groups in total. The summed E-state index contributed by atoms with van der Waals surface area (Å²) in [5.41, 5.74) is 2.05. The molecular formula is C8H7ClS2. The molecule has 0 aliphatic rings. The second-order valence-electron chi connectivity index (χ2n) is 2.26. The van der Waals surface area contributed by atoms with Crippen molar-refractivity contribution in [3.8, 4) is 0 Å². The van der Waals surface area contributed by atoms with Crippen LogP contribution in [0, 0.1) is 6.92 Å². The number of halogens is 1. The topological polar surface area (TPSA) is 0 Å². The highest BCUT2D eigenvalue weighted by atomic mass is 35.5. The molecule has 1 aromatic carbocycles. The van der Waals surface area contributed by atoms with E-state index in [2.05, 4.69) is 12.6 Å². The van der Waals surface area contributed by atoms with Crippen molar-refractivity contribution in [2.75, 3.05) is 0 Å². The van der Waals surface area contributed by atoms with Gasteiger partial charge in [0.05, 0.1) is 4.20 Å². The number of thiocarbonyl (C=S) groups is 1. The first-order valence-corrected chi connectivity index (χ1v) is 4.34. The minimum atomic E-state index is 0.610. The minimum absolute atomic E-state index is 0.610. The van der Waals surface area contributed by atoms with Crippen molar-refractivity contribution < 1.29 is 0 Å². The Morgan fingerprint density at radius 1 is 1.55 bits per heavy atom. The Labute approximate surface area is 82.0 Å². The fourth-order valence-corrected chi connectivity index (χ4v) is 1.57. The van der Waals surface area contributed by atoms with E-state index in [1.165, 1.54) is 0 Å². The van der Waals surface area contributed by atoms with E-state index in [1.807, 2.05) is 25.1 Å². The summed E-state index contributed by atoms with van der Waals surface area (Å²) in [5, 5.41) is 0.732. The highest BCUT2D eigenvalue weighted by Gasteiger charge is 2.00. The van der Waals surface area contributed by atoms with Crippen molar-refractivity contribution in [1.29, 1.82) is 0 Å². The number of hydrogen-bond donors (Lipinski definition) is 1. The molecule has 0 nitrogen and oxygen atoms in total. The third-order valence-electron chi connectivity index (χ3n) is 1.42. The van der Waals surface area contributed by atoms with Gasteiger partial charge in [-0.1, -0.05) is 29.9 Å². The Morgan fingerprint density at radius 3 is 2.64 bits per heavy atom. The van der Waals surface area contributed by atoms with Gasteiger partial charge in [-0.25, -0.2) is 0 Å². The van der Waals surface area contributed by atoms with E-state index in [-0.39, 0.29) is 0 Å². The predicted octanol–water partition coefficient (Wildman–Crippen LogP) is 3.25. The molecule has 0 aliphatic carbocycles. The quantitative estimate of drug-likeness (QED) is 0.539. The van der Waals surface area contributed by atoms with Gasteiger partial charge in [0.25, 0.3) is 0 Å². The zero-order chi connectivity index (χ0) is 8.43. The van der Waals surface area contributed by atoms with Crippen molar-refractivity contribution >= 4 is 40.6 Å². The fourth-order valence-electron chi connectivity index (χ4n) is 0.867. The molecule has 0 bridgehead atoms. The third kappa shape index (κ3) is 2.19. The van der Waals surface area contributed by atoms with Gasteiger partial charge in [-0.2, -0.15) is 0 Å². The van der Waals surface area contributed by atoms with Gasteiger partial charge in [-0.15, -0.1) is 12.6 Å². The zero-order valence-electron chi connectivity index (χ0n) is 5.97. The molecule has 0 saturated carbocycles. The second kappa shape index (κ2) is 3.57. The first-order valence-electron chi connectivity index (χ1n) is 3.10. The standard InChI is InChI=1S/C8H7ClS2/c1-5-4-6(9)2-3-7(5)8(10)11/h2-4H,1H3,(H,10,11). The van der Waals surface area contributed by atoms with Crippen LogP contribution in [-0.4, -0.2) is 4.20 Å².